The van der Waals surface area contributed by atoms with Crippen LogP contribution < -0.4 is 0 Å². The van der Waals surface area contributed by atoms with Gasteiger partial charge in [-0.3, -0.25) is 4.98 Å². The average Bonchev–Trinajstić information content (AvgIpc) is 2.09. The fourth-order valence-electron chi connectivity index (χ4n) is 0.760. The Kier molecular flexibility index (Phi) is 4.25. The minimum atomic E-state index is -2.51. The van der Waals surface area contributed by atoms with Gasteiger partial charge in [-0.05, 0) is 31.9 Å². The van der Waals surface area contributed by atoms with E-state index in [0.29, 0.717) is 20.0 Å². The predicted octanol–water partition coefficient (Wildman–Crippen LogP) is 4.44. The topological polar surface area (TPSA) is 12.9 Å². The average molecular weight is 380 g/mol. The Morgan fingerprint density at radius 2 is 1.92 bits per heavy atom. The van der Waals surface area contributed by atoms with Crippen molar-refractivity contribution in [1.29, 1.82) is 0 Å². The van der Waals surface area contributed by atoms with Gasteiger partial charge < -0.3 is 0 Å². The lowest BCUT2D eigenvalue weighted by molar-refractivity contribution is 0.150. The fraction of sp³-hybridized carbons (Fsp3) is 0.286. The van der Waals surface area contributed by atoms with E-state index in [1.807, 2.05) is 0 Å². The SMILES string of the molecule is FC(F)c1cnc(CBr)c(Br)c1Br. The first-order valence-electron chi connectivity index (χ1n) is 3.24. The third-order valence-electron chi connectivity index (χ3n) is 1.42. The quantitative estimate of drug-likeness (QED) is 0.692. The molecule has 0 bridgehead atoms. The van der Waals surface area contributed by atoms with Gasteiger partial charge in [0.2, 0.25) is 0 Å². The summed E-state index contributed by atoms with van der Waals surface area (Å²) < 4.78 is 25.6. The Labute approximate surface area is 99.3 Å². The van der Waals surface area contributed by atoms with Crippen LogP contribution in [0.3, 0.4) is 0 Å². The van der Waals surface area contributed by atoms with E-state index in [1.165, 1.54) is 6.20 Å². The number of hydrogen-bond donors (Lipinski definition) is 0. The van der Waals surface area contributed by atoms with E-state index in [9.17, 15) is 8.78 Å². The van der Waals surface area contributed by atoms with Crippen molar-refractivity contribution in [3.63, 3.8) is 0 Å². The van der Waals surface area contributed by atoms with E-state index < -0.39 is 6.43 Å². The fourth-order valence-corrected chi connectivity index (χ4v) is 2.54. The molecule has 0 radical (unpaired) electrons. The zero-order chi connectivity index (χ0) is 10.0. The van der Waals surface area contributed by atoms with Crippen molar-refractivity contribution in [3.05, 3.63) is 26.4 Å². The van der Waals surface area contributed by atoms with Gasteiger partial charge in [0.15, 0.2) is 0 Å². The van der Waals surface area contributed by atoms with Gasteiger partial charge in [-0.1, -0.05) is 15.9 Å². The lowest BCUT2D eigenvalue weighted by Gasteiger charge is -2.07. The Bertz CT molecular complexity index is 317. The molecule has 72 valence electrons. The van der Waals surface area contributed by atoms with Crippen LogP contribution in [0.2, 0.25) is 0 Å². The molecule has 1 rings (SSSR count). The van der Waals surface area contributed by atoms with E-state index in [-0.39, 0.29) is 5.56 Å². The summed E-state index contributed by atoms with van der Waals surface area (Å²) in [5, 5.41) is 0.524. The van der Waals surface area contributed by atoms with Crippen LogP contribution in [0.4, 0.5) is 8.78 Å². The summed E-state index contributed by atoms with van der Waals surface area (Å²) in [5.74, 6) is 0. The second kappa shape index (κ2) is 4.79. The zero-order valence-electron chi connectivity index (χ0n) is 6.20. The van der Waals surface area contributed by atoms with E-state index >= 15 is 0 Å². The molecule has 0 saturated heterocycles. The highest BCUT2D eigenvalue weighted by atomic mass is 79.9. The van der Waals surface area contributed by atoms with Crippen molar-refractivity contribution in [2.45, 2.75) is 11.8 Å². The number of nitrogens with zero attached hydrogens (tertiary/aromatic N) is 1. The van der Waals surface area contributed by atoms with Crippen LogP contribution in [0.25, 0.3) is 0 Å². The molecule has 0 N–H and O–H groups in total. The molecule has 0 aliphatic carbocycles. The van der Waals surface area contributed by atoms with Crippen molar-refractivity contribution in [2.24, 2.45) is 0 Å². The summed E-state index contributed by atoms with van der Waals surface area (Å²) in [4.78, 5) is 3.88. The van der Waals surface area contributed by atoms with Crippen molar-refractivity contribution >= 4 is 47.8 Å². The van der Waals surface area contributed by atoms with E-state index in [4.69, 9.17) is 0 Å². The summed E-state index contributed by atoms with van der Waals surface area (Å²) in [6.07, 6.45) is -1.33. The van der Waals surface area contributed by atoms with Crippen LogP contribution in [0.1, 0.15) is 17.7 Å². The second-order valence-corrected chi connectivity index (χ2v) is 4.37. The van der Waals surface area contributed by atoms with Gasteiger partial charge in [0.1, 0.15) is 0 Å². The molecule has 6 heteroatoms. The number of hydrogen-bond acceptors (Lipinski definition) is 1. The van der Waals surface area contributed by atoms with Gasteiger partial charge in [0.05, 0.1) is 15.7 Å². The first-order valence-corrected chi connectivity index (χ1v) is 5.95. The first-order chi connectivity index (χ1) is 6.07. The van der Waals surface area contributed by atoms with Gasteiger partial charge in [0, 0.05) is 16.0 Å². The van der Waals surface area contributed by atoms with Gasteiger partial charge in [-0.2, -0.15) is 0 Å². The number of pyridine rings is 1. The van der Waals surface area contributed by atoms with Crippen molar-refractivity contribution < 1.29 is 8.78 Å². The lowest BCUT2D eigenvalue weighted by atomic mass is 10.2. The maximum atomic E-state index is 12.3. The van der Waals surface area contributed by atoms with Gasteiger partial charge in [-0.15, -0.1) is 0 Å². The highest BCUT2D eigenvalue weighted by molar-refractivity contribution is 9.13. The lowest BCUT2D eigenvalue weighted by Crippen LogP contribution is -1.94. The Balaban J connectivity index is 3.23. The van der Waals surface area contributed by atoms with Crippen LogP contribution >= 0.6 is 47.8 Å². The van der Waals surface area contributed by atoms with Crippen molar-refractivity contribution in [3.8, 4) is 0 Å². The van der Waals surface area contributed by atoms with Crippen molar-refractivity contribution in [2.75, 3.05) is 0 Å². The Morgan fingerprint density at radius 1 is 1.31 bits per heavy atom. The second-order valence-electron chi connectivity index (χ2n) is 2.22. The number of alkyl halides is 3. The van der Waals surface area contributed by atoms with Gasteiger partial charge in [-0.25, -0.2) is 8.78 Å². The third kappa shape index (κ3) is 2.47. The summed E-state index contributed by atoms with van der Waals surface area (Å²) in [6.45, 7) is 0. The molecule has 1 aromatic rings. The maximum absolute atomic E-state index is 12.3. The molecular formula is C7H4Br3F2N. The normalized spacial score (nSPS) is 10.9. The number of aromatic nitrogens is 1. The van der Waals surface area contributed by atoms with Gasteiger partial charge >= 0.3 is 0 Å². The molecule has 13 heavy (non-hydrogen) atoms. The molecule has 0 amide bonds. The maximum Gasteiger partial charge on any atom is 0.266 e. The molecule has 0 unspecified atom stereocenters. The van der Waals surface area contributed by atoms with E-state index in [0.717, 1.165) is 0 Å². The summed E-state index contributed by atoms with van der Waals surface area (Å²) in [6, 6.07) is 0. The zero-order valence-corrected chi connectivity index (χ0v) is 11.0. The Hall–Kier alpha value is 0.450. The molecule has 1 aromatic heterocycles. The monoisotopic (exact) mass is 377 g/mol. The van der Waals surface area contributed by atoms with Crippen LogP contribution in [-0.2, 0) is 5.33 Å². The molecule has 0 aromatic carbocycles. The molecule has 1 nitrogen and oxygen atoms in total. The minimum absolute atomic E-state index is 0.100. The van der Waals surface area contributed by atoms with Crippen LogP contribution in [0.5, 0.6) is 0 Å². The first kappa shape index (κ1) is 11.5. The Morgan fingerprint density at radius 3 is 2.38 bits per heavy atom. The predicted molar refractivity (Wildman–Crippen MR) is 57.2 cm³/mol. The molecule has 0 aliphatic heterocycles. The highest BCUT2D eigenvalue weighted by Gasteiger charge is 2.16. The van der Waals surface area contributed by atoms with Crippen LogP contribution in [0, 0.1) is 0 Å². The molecular weight excluding hydrogens is 376 g/mol. The third-order valence-corrected chi connectivity index (χ3v) is 4.19. The van der Waals surface area contributed by atoms with Gasteiger partial charge in [0.25, 0.3) is 6.43 Å². The smallest absolute Gasteiger partial charge is 0.259 e. The van der Waals surface area contributed by atoms with Crippen LogP contribution in [-0.4, -0.2) is 4.98 Å². The standard InChI is InChI=1S/C7H4Br3F2N/c8-1-4-6(10)5(9)3(2-13-4)7(11)12/h2,7H,1H2. The number of halogens is 5. The van der Waals surface area contributed by atoms with E-state index in [2.05, 4.69) is 52.8 Å². The number of rotatable bonds is 2. The van der Waals surface area contributed by atoms with Crippen LogP contribution in [0.15, 0.2) is 15.1 Å². The van der Waals surface area contributed by atoms with E-state index in [1.54, 1.807) is 0 Å². The largest absolute Gasteiger partial charge is 0.266 e. The molecule has 1 heterocycles. The molecule has 0 fully saturated rings. The summed E-state index contributed by atoms with van der Waals surface area (Å²) >= 11 is 9.47. The minimum Gasteiger partial charge on any atom is -0.259 e. The molecule has 0 saturated carbocycles. The molecule has 0 spiro atoms. The summed E-state index contributed by atoms with van der Waals surface area (Å²) in [7, 11) is 0. The van der Waals surface area contributed by atoms with Crippen molar-refractivity contribution in [1.82, 2.24) is 4.98 Å². The molecule has 0 aliphatic rings. The summed E-state index contributed by atoms with van der Waals surface area (Å²) in [5.41, 5.74) is 0.591. The highest BCUT2D eigenvalue weighted by Crippen LogP contribution is 2.34. The molecule has 0 atom stereocenters.